The molecule has 27 heavy (non-hydrogen) atoms. The Kier molecular flexibility index (Phi) is 7.91. The second-order valence-corrected chi connectivity index (χ2v) is 5.76. The molecule has 0 aliphatic rings. The van der Waals surface area contributed by atoms with Crippen LogP contribution >= 0.6 is 0 Å². The van der Waals surface area contributed by atoms with Crippen LogP contribution in [0.15, 0.2) is 55.2 Å². The molecule has 0 aromatic carbocycles. The summed E-state index contributed by atoms with van der Waals surface area (Å²) in [6.45, 7) is 4.47. The molecule has 2 atom stereocenters. The van der Waals surface area contributed by atoms with E-state index in [1.807, 2.05) is 26.0 Å². The van der Waals surface area contributed by atoms with E-state index in [1.54, 1.807) is 49.2 Å². The highest BCUT2D eigenvalue weighted by atomic mass is 15.0. The maximum atomic E-state index is 8.67. The number of hydrogen-bond acceptors (Lipinski definition) is 8. The van der Waals surface area contributed by atoms with E-state index in [-0.39, 0.29) is 12.1 Å². The summed E-state index contributed by atoms with van der Waals surface area (Å²) >= 11 is 0. The van der Waals surface area contributed by atoms with Gasteiger partial charge in [0.15, 0.2) is 0 Å². The van der Waals surface area contributed by atoms with Gasteiger partial charge in [0, 0.05) is 37.5 Å². The predicted molar refractivity (Wildman–Crippen MR) is 101 cm³/mol. The SMILES string of the molecule is CC(N)c1ncccn1.CC(NCc1ccc(C#N)cn1)c1ncccn1. The standard InChI is InChI=1S/C13H13N5.C6H9N3/c1-10(13-15-5-2-6-16-13)17-9-12-4-3-11(7-14)8-18-12;1-5(7)6-8-3-2-4-9-6/h2-6,8,10,17H,9H2,1H3;2-5H,7H2,1H3. The van der Waals surface area contributed by atoms with Crippen molar-refractivity contribution in [2.45, 2.75) is 32.5 Å². The maximum Gasteiger partial charge on any atom is 0.144 e. The van der Waals surface area contributed by atoms with Gasteiger partial charge in [0.2, 0.25) is 0 Å². The Morgan fingerprint density at radius 2 is 1.56 bits per heavy atom. The fourth-order valence-corrected chi connectivity index (χ4v) is 2.02. The van der Waals surface area contributed by atoms with Gasteiger partial charge in [-0.1, -0.05) is 0 Å². The molecule has 0 saturated carbocycles. The number of rotatable bonds is 5. The van der Waals surface area contributed by atoms with Crippen LogP contribution in [0.4, 0.5) is 0 Å². The molecule has 3 N–H and O–H groups in total. The van der Waals surface area contributed by atoms with Gasteiger partial charge in [-0.2, -0.15) is 5.26 Å². The first-order valence-electron chi connectivity index (χ1n) is 8.48. The second kappa shape index (κ2) is 10.7. The molecule has 0 radical (unpaired) electrons. The summed E-state index contributed by atoms with van der Waals surface area (Å²) in [5.74, 6) is 1.45. The van der Waals surface area contributed by atoms with Gasteiger partial charge in [-0.15, -0.1) is 0 Å². The van der Waals surface area contributed by atoms with E-state index in [9.17, 15) is 0 Å². The fraction of sp³-hybridized carbons (Fsp3) is 0.263. The summed E-state index contributed by atoms with van der Waals surface area (Å²) in [6.07, 6.45) is 8.39. The van der Waals surface area contributed by atoms with Gasteiger partial charge in [0.1, 0.15) is 17.7 Å². The lowest BCUT2D eigenvalue weighted by Crippen LogP contribution is -2.20. The fourth-order valence-electron chi connectivity index (χ4n) is 2.02. The first-order chi connectivity index (χ1) is 13.1. The molecule has 3 heterocycles. The van der Waals surface area contributed by atoms with Gasteiger partial charge < -0.3 is 11.1 Å². The number of hydrogen-bond donors (Lipinski definition) is 2. The highest BCUT2D eigenvalue weighted by Crippen LogP contribution is 2.06. The van der Waals surface area contributed by atoms with Crippen LogP contribution in [0.2, 0.25) is 0 Å². The smallest absolute Gasteiger partial charge is 0.144 e. The number of pyridine rings is 1. The summed E-state index contributed by atoms with van der Waals surface area (Å²) in [5.41, 5.74) is 6.94. The van der Waals surface area contributed by atoms with Crippen molar-refractivity contribution in [1.29, 1.82) is 5.26 Å². The number of nitrogens with two attached hydrogens (primary N) is 1. The number of nitrogens with zero attached hydrogens (tertiary/aromatic N) is 6. The lowest BCUT2D eigenvalue weighted by molar-refractivity contribution is 0.540. The number of aromatic nitrogens is 5. The van der Waals surface area contributed by atoms with Crippen molar-refractivity contribution in [1.82, 2.24) is 30.2 Å². The minimum atomic E-state index is -0.0637. The van der Waals surface area contributed by atoms with Crippen LogP contribution in [0.25, 0.3) is 0 Å². The Morgan fingerprint density at radius 3 is 2.00 bits per heavy atom. The maximum absolute atomic E-state index is 8.67. The number of nitriles is 1. The van der Waals surface area contributed by atoms with Crippen LogP contribution in [-0.2, 0) is 6.54 Å². The molecular formula is C19H22N8. The minimum absolute atomic E-state index is 0.0589. The Labute approximate surface area is 158 Å². The van der Waals surface area contributed by atoms with Gasteiger partial charge in [0.25, 0.3) is 0 Å². The molecular weight excluding hydrogens is 340 g/mol. The molecule has 3 aromatic heterocycles. The van der Waals surface area contributed by atoms with E-state index in [1.165, 1.54) is 0 Å². The largest absolute Gasteiger partial charge is 0.322 e. The van der Waals surface area contributed by atoms with Crippen molar-refractivity contribution >= 4 is 0 Å². The number of nitrogens with one attached hydrogen (secondary N) is 1. The zero-order chi connectivity index (χ0) is 19.5. The lowest BCUT2D eigenvalue weighted by atomic mass is 10.2. The van der Waals surface area contributed by atoms with Crippen molar-refractivity contribution in [2.75, 3.05) is 0 Å². The van der Waals surface area contributed by atoms with Crippen molar-refractivity contribution < 1.29 is 0 Å². The first kappa shape index (κ1) is 20.0. The third kappa shape index (κ3) is 6.86. The van der Waals surface area contributed by atoms with Gasteiger partial charge in [0.05, 0.1) is 23.3 Å². The van der Waals surface area contributed by atoms with Gasteiger partial charge in [-0.05, 0) is 38.1 Å². The molecule has 0 aliphatic carbocycles. The van der Waals surface area contributed by atoms with Crippen LogP contribution in [0, 0.1) is 11.3 Å². The molecule has 0 fully saturated rings. The second-order valence-electron chi connectivity index (χ2n) is 5.76. The van der Waals surface area contributed by atoms with Crippen molar-refractivity contribution in [3.05, 3.63) is 78.2 Å². The average molecular weight is 362 g/mol. The summed E-state index contributed by atoms with van der Waals surface area (Å²) in [7, 11) is 0. The zero-order valence-corrected chi connectivity index (χ0v) is 15.3. The zero-order valence-electron chi connectivity index (χ0n) is 15.3. The Morgan fingerprint density at radius 1 is 0.963 bits per heavy atom. The molecule has 0 aliphatic heterocycles. The monoisotopic (exact) mass is 362 g/mol. The molecule has 3 aromatic rings. The normalized spacial score (nSPS) is 12.2. The third-order valence-corrected chi connectivity index (χ3v) is 3.51. The molecule has 0 saturated heterocycles. The molecule has 8 heteroatoms. The topological polar surface area (TPSA) is 126 Å². The molecule has 2 unspecified atom stereocenters. The quantitative estimate of drug-likeness (QED) is 0.706. The lowest BCUT2D eigenvalue weighted by Gasteiger charge is -2.11. The van der Waals surface area contributed by atoms with Crippen molar-refractivity contribution in [3.63, 3.8) is 0 Å². The minimum Gasteiger partial charge on any atom is -0.322 e. The molecule has 3 rings (SSSR count). The summed E-state index contributed by atoms with van der Waals surface area (Å²) in [5, 5.41) is 12.0. The van der Waals surface area contributed by atoms with Crippen LogP contribution in [0.1, 0.15) is 48.8 Å². The Hall–Kier alpha value is -3.28. The third-order valence-electron chi connectivity index (χ3n) is 3.51. The van der Waals surface area contributed by atoms with Crippen LogP contribution in [0.5, 0.6) is 0 Å². The molecule has 0 bridgehead atoms. The van der Waals surface area contributed by atoms with Crippen molar-refractivity contribution in [3.8, 4) is 6.07 Å². The van der Waals surface area contributed by atoms with Crippen LogP contribution in [0.3, 0.4) is 0 Å². The van der Waals surface area contributed by atoms with Crippen LogP contribution < -0.4 is 11.1 Å². The molecule has 0 amide bonds. The summed E-state index contributed by atoms with van der Waals surface area (Å²) in [4.78, 5) is 20.4. The molecule has 0 spiro atoms. The Bertz CT molecular complexity index is 829. The summed E-state index contributed by atoms with van der Waals surface area (Å²) in [6, 6.07) is 9.19. The highest BCUT2D eigenvalue weighted by molar-refractivity contribution is 5.26. The Balaban J connectivity index is 0.000000244. The van der Waals surface area contributed by atoms with E-state index < -0.39 is 0 Å². The van der Waals surface area contributed by atoms with Crippen LogP contribution in [-0.4, -0.2) is 24.9 Å². The van der Waals surface area contributed by atoms with E-state index in [0.717, 1.165) is 11.5 Å². The van der Waals surface area contributed by atoms with E-state index >= 15 is 0 Å². The first-order valence-corrected chi connectivity index (χ1v) is 8.48. The van der Waals surface area contributed by atoms with E-state index in [0.29, 0.717) is 17.9 Å². The van der Waals surface area contributed by atoms with Gasteiger partial charge in [-0.25, -0.2) is 19.9 Å². The molecule has 8 nitrogen and oxygen atoms in total. The predicted octanol–water partition coefficient (Wildman–Crippen LogP) is 2.09. The van der Waals surface area contributed by atoms with E-state index in [2.05, 4.69) is 30.2 Å². The van der Waals surface area contributed by atoms with Gasteiger partial charge >= 0.3 is 0 Å². The summed E-state index contributed by atoms with van der Waals surface area (Å²) < 4.78 is 0. The highest BCUT2D eigenvalue weighted by Gasteiger charge is 2.07. The van der Waals surface area contributed by atoms with E-state index in [4.69, 9.17) is 11.0 Å². The average Bonchev–Trinajstić information content (AvgIpc) is 2.74. The van der Waals surface area contributed by atoms with Crippen molar-refractivity contribution in [2.24, 2.45) is 5.73 Å². The molecule has 138 valence electrons. The van der Waals surface area contributed by atoms with Gasteiger partial charge in [-0.3, -0.25) is 4.98 Å².